The van der Waals surface area contributed by atoms with Gasteiger partial charge in [0.1, 0.15) is 18.4 Å². The molecule has 6 nitrogen and oxygen atoms in total. The van der Waals surface area contributed by atoms with Gasteiger partial charge in [-0.3, -0.25) is 4.90 Å². The Kier molecular flexibility index (Phi) is 8.23. The van der Waals surface area contributed by atoms with E-state index in [1.165, 1.54) is 5.56 Å². The lowest BCUT2D eigenvalue weighted by Crippen LogP contribution is -2.49. The number of rotatable bonds is 8. The minimum atomic E-state index is -0.0755. The van der Waals surface area contributed by atoms with Crippen LogP contribution < -0.4 is 9.64 Å². The topological polar surface area (TPSA) is 64.1 Å². The molecule has 1 aliphatic heterocycles. The fraction of sp³-hybridized carbons (Fsp3) is 0.286. The van der Waals surface area contributed by atoms with E-state index in [1.54, 1.807) is 6.07 Å². The summed E-state index contributed by atoms with van der Waals surface area (Å²) in [5.41, 5.74) is 4.44. The number of benzene rings is 3. The van der Waals surface area contributed by atoms with Gasteiger partial charge < -0.3 is 14.7 Å². The molecule has 0 bridgehead atoms. The number of piperazine rings is 1. The lowest BCUT2D eigenvalue weighted by atomic mass is 9.99. The minimum absolute atomic E-state index is 0.0572. The van der Waals surface area contributed by atoms with Crippen molar-refractivity contribution >= 4 is 23.0 Å². The molecular weight excluding hydrogens is 460 g/mol. The molecule has 35 heavy (non-hydrogen) atoms. The van der Waals surface area contributed by atoms with E-state index in [0.29, 0.717) is 22.0 Å². The largest absolute Gasteiger partial charge is 0.491 e. The van der Waals surface area contributed by atoms with E-state index in [4.69, 9.17) is 28.0 Å². The lowest BCUT2D eigenvalue weighted by Gasteiger charge is -2.43. The molecule has 1 fully saturated rings. The number of aliphatic hydroxyl groups is 1. The van der Waals surface area contributed by atoms with Gasteiger partial charge in [-0.1, -0.05) is 48.0 Å². The van der Waals surface area contributed by atoms with Crippen LogP contribution in [0.25, 0.3) is 4.85 Å². The summed E-state index contributed by atoms with van der Waals surface area (Å²) < 4.78 is 5.51. The van der Waals surface area contributed by atoms with E-state index in [2.05, 4.69) is 32.8 Å². The molecule has 1 heterocycles. The number of hydrogen-bond acceptors (Lipinski definition) is 5. The van der Waals surface area contributed by atoms with E-state index < -0.39 is 0 Å². The second-order valence-corrected chi connectivity index (χ2v) is 8.89. The fourth-order valence-corrected chi connectivity index (χ4v) is 4.56. The molecular formula is C28H27ClN4O2. The average Bonchev–Trinajstić information content (AvgIpc) is 2.91. The number of aliphatic hydroxyl groups excluding tert-OH is 1. The van der Waals surface area contributed by atoms with Crippen LogP contribution in [0.3, 0.4) is 0 Å². The van der Waals surface area contributed by atoms with E-state index in [0.717, 1.165) is 43.9 Å². The van der Waals surface area contributed by atoms with Gasteiger partial charge in [0.05, 0.1) is 30.5 Å². The predicted molar refractivity (Wildman–Crippen MR) is 138 cm³/mol. The number of hydrogen-bond donors (Lipinski definition) is 1. The molecule has 3 aromatic carbocycles. The fourth-order valence-electron chi connectivity index (χ4n) is 4.43. The van der Waals surface area contributed by atoms with Crippen molar-refractivity contribution in [2.75, 3.05) is 44.3 Å². The molecule has 1 atom stereocenters. The second kappa shape index (κ2) is 11.7. The molecule has 178 valence electrons. The standard InChI is InChI=1S/C28H27ClN4O2/c1-31-25-8-2-21(3-9-25)12-13-32-14-15-33(28(20-32)22-4-6-24(29)7-5-22)27-11-10-26(35-17-16-34)18-23(27)19-30/h2-11,18,28,34H,12-17,20H2/t28-/m0/s1. The Balaban J connectivity index is 1.55. The zero-order valence-corrected chi connectivity index (χ0v) is 20.2. The van der Waals surface area contributed by atoms with E-state index in [-0.39, 0.29) is 19.3 Å². The first-order valence-electron chi connectivity index (χ1n) is 11.6. The van der Waals surface area contributed by atoms with E-state index in [1.807, 2.05) is 48.5 Å². The number of anilines is 1. The normalized spacial score (nSPS) is 15.9. The SMILES string of the molecule is [C-]#[N+]c1ccc(CCN2CCN(c3ccc(OCCO)cc3C#N)[C@H](c3ccc(Cl)cc3)C2)cc1. The molecule has 0 amide bonds. The van der Waals surface area contributed by atoms with Gasteiger partial charge in [0.25, 0.3) is 0 Å². The van der Waals surface area contributed by atoms with E-state index in [9.17, 15) is 5.26 Å². The molecule has 0 radical (unpaired) electrons. The Bertz CT molecular complexity index is 1220. The Morgan fingerprint density at radius 2 is 1.86 bits per heavy atom. The Morgan fingerprint density at radius 1 is 1.09 bits per heavy atom. The third-order valence-electron chi connectivity index (χ3n) is 6.26. The Labute approximate surface area is 211 Å². The van der Waals surface area contributed by atoms with Crippen molar-refractivity contribution in [1.29, 1.82) is 5.26 Å². The Hall–Kier alpha value is -3.55. The maximum absolute atomic E-state index is 9.86. The van der Waals surface area contributed by atoms with Crippen LogP contribution in [0.2, 0.25) is 5.02 Å². The summed E-state index contributed by atoms with van der Waals surface area (Å²) in [7, 11) is 0. The summed E-state index contributed by atoms with van der Waals surface area (Å²) in [6.07, 6.45) is 0.909. The van der Waals surface area contributed by atoms with Crippen LogP contribution in [-0.4, -0.2) is 49.4 Å². The molecule has 0 aromatic heterocycles. The Morgan fingerprint density at radius 3 is 2.54 bits per heavy atom. The molecule has 4 rings (SSSR count). The van der Waals surface area contributed by atoms with Crippen LogP contribution in [-0.2, 0) is 6.42 Å². The van der Waals surface area contributed by atoms with Crippen LogP contribution in [0, 0.1) is 17.9 Å². The molecule has 0 unspecified atom stereocenters. The third kappa shape index (κ3) is 6.12. The van der Waals surface area contributed by atoms with Crippen molar-refractivity contribution < 1.29 is 9.84 Å². The number of halogens is 1. The monoisotopic (exact) mass is 486 g/mol. The summed E-state index contributed by atoms with van der Waals surface area (Å²) in [4.78, 5) is 8.20. The molecule has 0 saturated carbocycles. The van der Waals surface area contributed by atoms with E-state index >= 15 is 0 Å². The molecule has 7 heteroatoms. The number of nitrogens with zero attached hydrogens (tertiary/aromatic N) is 4. The van der Waals surface area contributed by atoms with Crippen LogP contribution >= 0.6 is 11.6 Å². The van der Waals surface area contributed by atoms with Crippen LogP contribution in [0.5, 0.6) is 5.75 Å². The molecule has 0 aliphatic carbocycles. The molecule has 1 aliphatic rings. The second-order valence-electron chi connectivity index (χ2n) is 8.45. The van der Waals surface area contributed by atoms with Gasteiger partial charge >= 0.3 is 0 Å². The highest BCUT2D eigenvalue weighted by Gasteiger charge is 2.30. The van der Waals surface area contributed by atoms with Gasteiger partial charge in [-0.15, -0.1) is 0 Å². The van der Waals surface area contributed by atoms with Crippen molar-refractivity contribution in [3.05, 3.63) is 99.9 Å². The zero-order valence-electron chi connectivity index (χ0n) is 19.4. The van der Waals surface area contributed by atoms with Gasteiger partial charge in [0.15, 0.2) is 5.69 Å². The van der Waals surface area contributed by atoms with Crippen molar-refractivity contribution in [3.8, 4) is 11.8 Å². The summed E-state index contributed by atoms with van der Waals surface area (Å²) >= 11 is 6.16. The summed E-state index contributed by atoms with van der Waals surface area (Å²) in [6.45, 7) is 10.6. The summed E-state index contributed by atoms with van der Waals surface area (Å²) in [5.74, 6) is 0.574. The first kappa shape index (κ1) is 24.6. The lowest BCUT2D eigenvalue weighted by molar-refractivity contribution is 0.201. The zero-order chi connectivity index (χ0) is 24.6. The number of nitriles is 1. The summed E-state index contributed by atoms with van der Waals surface area (Å²) in [5, 5.41) is 19.6. The van der Waals surface area contributed by atoms with Crippen LogP contribution in [0.15, 0.2) is 66.7 Å². The highest BCUT2D eigenvalue weighted by molar-refractivity contribution is 6.30. The smallest absolute Gasteiger partial charge is 0.187 e. The molecule has 1 N–H and O–H groups in total. The highest BCUT2D eigenvalue weighted by Crippen LogP contribution is 2.35. The van der Waals surface area contributed by atoms with Crippen molar-refractivity contribution in [2.45, 2.75) is 12.5 Å². The van der Waals surface area contributed by atoms with Crippen molar-refractivity contribution in [2.24, 2.45) is 0 Å². The average molecular weight is 487 g/mol. The van der Waals surface area contributed by atoms with Gasteiger partial charge in [0.2, 0.25) is 0 Å². The minimum Gasteiger partial charge on any atom is -0.491 e. The van der Waals surface area contributed by atoms with Crippen LogP contribution in [0.1, 0.15) is 22.7 Å². The molecule has 1 saturated heterocycles. The maximum atomic E-state index is 9.86. The van der Waals surface area contributed by atoms with Gasteiger partial charge in [-0.2, -0.15) is 5.26 Å². The molecule has 3 aromatic rings. The highest BCUT2D eigenvalue weighted by atomic mass is 35.5. The van der Waals surface area contributed by atoms with Crippen molar-refractivity contribution in [1.82, 2.24) is 4.90 Å². The maximum Gasteiger partial charge on any atom is 0.187 e. The third-order valence-corrected chi connectivity index (χ3v) is 6.51. The molecule has 0 spiro atoms. The van der Waals surface area contributed by atoms with Crippen LogP contribution in [0.4, 0.5) is 11.4 Å². The van der Waals surface area contributed by atoms with Crippen molar-refractivity contribution in [3.63, 3.8) is 0 Å². The van der Waals surface area contributed by atoms with Gasteiger partial charge in [0, 0.05) is 31.2 Å². The van der Waals surface area contributed by atoms with Gasteiger partial charge in [-0.05, 0) is 47.9 Å². The predicted octanol–water partition coefficient (Wildman–Crippen LogP) is 5.24. The first-order chi connectivity index (χ1) is 17.1. The quantitative estimate of drug-likeness (QED) is 0.441. The number of ether oxygens (including phenoxy) is 1. The van der Waals surface area contributed by atoms with Gasteiger partial charge in [-0.25, -0.2) is 4.85 Å². The summed E-state index contributed by atoms with van der Waals surface area (Å²) in [6, 6.07) is 23.6. The first-order valence-corrected chi connectivity index (χ1v) is 12.0.